The number of thiol groups is 1. The highest BCUT2D eigenvalue weighted by Crippen LogP contribution is 1.98. The van der Waals surface area contributed by atoms with Gasteiger partial charge in [0.25, 0.3) is 0 Å². The lowest BCUT2D eigenvalue weighted by Crippen LogP contribution is -2.30. The molecule has 2 N–H and O–H groups in total. The van der Waals surface area contributed by atoms with Gasteiger partial charge in [0.2, 0.25) is 0 Å². The molecule has 0 bridgehead atoms. The number of unbranched alkanes of at least 4 members (excludes halogenated alkanes) is 2. The summed E-state index contributed by atoms with van der Waals surface area (Å²) in [5.74, 6) is 0.924. The second-order valence-corrected chi connectivity index (χ2v) is 5.19. The maximum absolute atomic E-state index is 9.20. The van der Waals surface area contributed by atoms with Crippen molar-refractivity contribution in [2.24, 2.45) is 0 Å². The van der Waals surface area contributed by atoms with E-state index in [1.807, 2.05) is 0 Å². The summed E-state index contributed by atoms with van der Waals surface area (Å²) in [7, 11) is -0.960. The summed E-state index contributed by atoms with van der Waals surface area (Å²) in [5.41, 5.74) is -0.620. The molecule has 0 aliphatic heterocycles. The van der Waals surface area contributed by atoms with Crippen LogP contribution in [0.4, 0.5) is 0 Å². The molecule has 2 atom stereocenters. The SMILES string of the molecule is CC(O)C(O)[SiH2]OCCCCCS. The zero-order valence-corrected chi connectivity index (χ0v) is 10.5. The smallest absolute Gasteiger partial charge is 0.193 e. The topological polar surface area (TPSA) is 49.7 Å². The fourth-order valence-corrected chi connectivity index (χ4v) is 1.95. The van der Waals surface area contributed by atoms with Gasteiger partial charge in [-0.15, -0.1) is 0 Å². The average Bonchev–Trinajstić information content (AvgIpc) is 2.10. The van der Waals surface area contributed by atoms with E-state index in [-0.39, 0.29) is 0 Å². The molecule has 0 amide bonds. The number of hydrogen-bond donors (Lipinski definition) is 3. The third-order valence-electron chi connectivity index (χ3n) is 1.79. The van der Waals surface area contributed by atoms with Crippen molar-refractivity contribution in [3.63, 3.8) is 0 Å². The quantitative estimate of drug-likeness (QED) is 0.306. The van der Waals surface area contributed by atoms with Gasteiger partial charge < -0.3 is 14.6 Å². The lowest BCUT2D eigenvalue weighted by molar-refractivity contribution is 0.0695. The van der Waals surface area contributed by atoms with Crippen LogP contribution in [0.2, 0.25) is 0 Å². The van der Waals surface area contributed by atoms with E-state index in [0.717, 1.165) is 25.0 Å². The van der Waals surface area contributed by atoms with Crippen LogP contribution in [0.3, 0.4) is 0 Å². The predicted molar refractivity (Wildman–Crippen MR) is 59.9 cm³/mol. The van der Waals surface area contributed by atoms with Gasteiger partial charge >= 0.3 is 0 Å². The molecule has 3 nitrogen and oxygen atoms in total. The Hall–Kier alpha value is 0.447. The lowest BCUT2D eigenvalue weighted by Gasteiger charge is -2.12. The van der Waals surface area contributed by atoms with Crippen molar-refractivity contribution in [2.75, 3.05) is 12.4 Å². The summed E-state index contributed by atoms with van der Waals surface area (Å²) in [4.78, 5) is 0. The first-order valence-electron chi connectivity index (χ1n) is 4.73. The Morgan fingerprint density at radius 2 is 2.00 bits per heavy atom. The van der Waals surface area contributed by atoms with Crippen molar-refractivity contribution in [1.29, 1.82) is 0 Å². The van der Waals surface area contributed by atoms with Crippen molar-refractivity contribution in [3.8, 4) is 0 Å². The molecule has 0 aromatic rings. The molecule has 0 spiro atoms. The molecule has 0 radical (unpaired) electrons. The molecule has 5 heteroatoms. The monoisotopic (exact) mass is 224 g/mol. The highest BCUT2D eigenvalue weighted by molar-refractivity contribution is 7.80. The molecular weight excluding hydrogens is 204 g/mol. The summed E-state index contributed by atoms with van der Waals surface area (Å²) in [6.45, 7) is 2.30. The first-order valence-corrected chi connectivity index (χ1v) is 6.76. The fourth-order valence-electron chi connectivity index (χ4n) is 0.836. The molecule has 0 aliphatic rings. The van der Waals surface area contributed by atoms with Crippen LogP contribution in [0.25, 0.3) is 0 Å². The Morgan fingerprint density at radius 1 is 1.31 bits per heavy atom. The van der Waals surface area contributed by atoms with Crippen LogP contribution in [0.5, 0.6) is 0 Å². The first-order chi connectivity index (χ1) is 6.18. The van der Waals surface area contributed by atoms with E-state index in [1.165, 1.54) is 0 Å². The molecule has 0 saturated heterocycles. The summed E-state index contributed by atoms with van der Waals surface area (Å²) in [5, 5.41) is 18.2. The van der Waals surface area contributed by atoms with Crippen molar-refractivity contribution in [3.05, 3.63) is 0 Å². The predicted octanol–water partition coefficient (Wildman–Crippen LogP) is -0.114. The van der Waals surface area contributed by atoms with Gasteiger partial charge in [-0.3, -0.25) is 0 Å². The van der Waals surface area contributed by atoms with Crippen LogP contribution < -0.4 is 0 Å². The highest BCUT2D eigenvalue weighted by atomic mass is 32.1. The van der Waals surface area contributed by atoms with Gasteiger partial charge in [-0.1, -0.05) is 6.42 Å². The minimum atomic E-state index is -0.960. The van der Waals surface area contributed by atoms with Gasteiger partial charge in [0.1, 0.15) is 0 Å². The number of rotatable bonds is 8. The zero-order valence-electron chi connectivity index (χ0n) is 8.15. The Morgan fingerprint density at radius 3 is 2.54 bits per heavy atom. The lowest BCUT2D eigenvalue weighted by atomic mass is 10.3. The second-order valence-electron chi connectivity index (χ2n) is 3.17. The van der Waals surface area contributed by atoms with Crippen LogP contribution in [-0.2, 0) is 4.43 Å². The van der Waals surface area contributed by atoms with E-state index in [9.17, 15) is 5.11 Å². The van der Waals surface area contributed by atoms with Crippen LogP contribution in [-0.4, -0.2) is 44.2 Å². The van der Waals surface area contributed by atoms with Gasteiger partial charge in [0.15, 0.2) is 9.76 Å². The highest BCUT2D eigenvalue weighted by Gasteiger charge is 2.10. The molecule has 0 saturated carbocycles. The number of hydrogen-bond acceptors (Lipinski definition) is 4. The van der Waals surface area contributed by atoms with Crippen molar-refractivity contribution >= 4 is 22.4 Å². The van der Waals surface area contributed by atoms with E-state index in [2.05, 4.69) is 12.6 Å². The minimum absolute atomic E-state index is 0.620. The van der Waals surface area contributed by atoms with Crippen LogP contribution in [0.1, 0.15) is 26.2 Å². The Balaban J connectivity index is 3.07. The van der Waals surface area contributed by atoms with Gasteiger partial charge in [0.05, 0.1) is 11.8 Å². The third-order valence-corrected chi connectivity index (χ3v) is 3.66. The standard InChI is InChI=1S/C8H20O3SSi/c1-7(9)8(10)13-11-5-3-2-4-6-12/h7-10,12H,2-6,13H2,1H3. The van der Waals surface area contributed by atoms with Crippen LogP contribution in [0, 0.1) is 0 Å². The first kappa shape index (κ1) is 13.4. The van der Waals surface area contributed by atoms with Crippen LogP contribution >= 0.6 is 12.6 Å². The summed E-state index contributed by atoms with van der Waals surface area (Å²) in [6, 6.07) is 0. The van der Waals surface area contributed by atoms with Gasteiger partial charge in [0, 0.05) is 6.61 Å². The molecule has 0 aromatic carbocycles. The molecular formula is C8H20O3SSi. The van der Waals surface area contributed by atoms with Crippen LogP contribution in [0.15, 0.2) is 0 Å². The normalized spacial score (nSPS) is 16.6. The average molecular weight is 224 g/mol. The van der Waals surface area contributed by atoms with E-state index >= 15 is 0 Å². The molecule has 0 heterocycles. The Labute approximate surface area is 87.8 Å². The minimum Gasteiger partial charge on any atom is -0.421 e. The Bertz CT molecular complexity index is 114. The zero-order chi connectivity index (χ0) is 10.1. The van der Waals surface area contributed by atoms with Gasteiger partial charge in [-0.25, -0.2) is 0 Å². The summed E-state index contributed by atoms with van der Waals surface area (Å²) < 4.78 is 5.31. The summed E-state index contributed by atoms with van der Waals surface area (Å²) >= 11 is 4.10. The van der Waals surface area contributed by atoms with E-state index < -0.39 is 21.6 Å². The van der Waals surface area contributed by atoms with E-state index in [1.54, 1.807) is 6.92 Å². The Kier molecular flexibility index (Phi) is 9.33. The van der Waals surface area contributed by atoms with E-state index in [4.69, 9.17) is 9.53 Å². The van der Waals surface area contributed by atoms with Crippen molar-refractivity contribution in [1.82, 2.24) is 0 Å². The molecule has 0 rings (SSSR count). The molecule has 2 unspecified atom stereocenters. The fraction of sp³-hybridized carbons (Fsp3) is 1.00. The maximum Gasteiger partial charge on any atom is 0.193 e. The molecule has 0 aliphatic carbocycles. The van der Waals surface area contributed by atoms with Gasteiger partial charge in [-0.2, -0.15) is 12.6 Å². The molecule has 80 valence electrons. The molecule has 13 heavy (non-hydrogen) atoms. The second kappa shape index (κ2) is 9.02. The van der Waals surface area contributed by atoms with Crippen molar-refractivity contribution < 1.29 is 14.6 Å². The number of aliphatic hydroxyl groups is 2. The maximum atomic E-state index is 9.20. The molecule has 0 aromatic heterocycles. The third kappa shape index (κ3) is 8.77. The number of aliphatic hydroxyl groups excluding tert-OH is 2. The summed E-state index contributed by atoms with van der Waals surface area (Å²) in [6.07, 6.45) is 2.62. The largest absolute Gasteiger partial charge is 0.421 e. The van der Waals surface area contributed by atoms with Gasteiger partial charge in [-0.05, 0) is 25.5 Å². The molecule has 0 fully saturated rings. The van der Waals surface area contributed by atoms with E-state index in [0.29, 0.717) is 6.61 Å². The van der Waals surface area contributed by atoms with Crippen molar-refractivity contribution in [2.45, 2.75) is 38.0 Å².